The van der Waals surface area contributed by atoms with Gasteiger partial charge in [-0.05, 0) is 52.2 Å². The second-order valence-corrected chi connectivity index (χ2v) is 7.87. The summed E-state index contributed by atoms with van der Waals surface area (Å²) in [5, 5.41) is 3.41. The molecular formula is C18H26ClN3O3. The summed E-state index contributed by atoms with van der Waals surface area (Å²) in [6, 6.07) is 3.38. The molecule has 1 saturated carbocycles. The monoisotopic (exact) mass is 367 g/mol. The number of nitrogens with one attached hydrogen (secondary N) is 1. The van der Waals surface area contributed by atoms with E-state index in [1.165, 1.54) is 6.20 Å². The van der Waals surface area contributed by atoms with Crippen molar-refractivity contribution in [1.29, 1.82) is 0 Å². The molecule has 0 aromatic carbocycles. The summed E-state index contributed by atoms with van der Waals surface area (Å²) >= 11 is 5.84. The summed E-state index contributed by atoms with van der Waals surface area (Å²) < 4.78 is 5.30. The summed E-state index contributed by atoms with van der Waals surface area (Å²) in [6.07, 6.45) is 4.25. The maximum atomic E-state index is 12.8. The van der Waals surface area contributed by atoms with Crippen molar-refractivity contribution in [1.82, 2.24) is 10.3 Å². The van der Waals surface area contributed by atoms with E-state index in [0.29, 0.717) is 17.3 Å². The number of ether oxygens (including phenoxy) is 1. The Morgan fingerprint density at radius 1 is 1.32 bits per heavy atom. The van der Waals surface area contributed by atoms with Crippen molar-refractivity contribution in [3.63, 3.8) is 0 Å². The highest BCUT2D eigenvalue weighted by Gasteiger charge is 2.31. The molecule has 2 rings (SSSR count). The van der Waals surface area contributed by atoms with Crippen LogP contribution >= 0.6 is 11.6 Å². The lowest BCUT2D eigenvalue weighted by molar-refractivity contribution is -0.123. The summed E-state index contributed by atoms with van der Waals surface area (Å²) in [7, 11) is 1.71. The van der Waals surface area contributed by atoms with E-state index in [-0.39, 0.29) is 17.9 Å². The first-order chi connectivity index (χ1) is 11.7. The highest BCUT2D eigenvalue weighted by atomic mass is 35.5. The molecule has 0 bridgehead atoms. The van der Waals surface area contributed by atoms with Gasteiger partial charge in [0.05, 0.1) is 5.02 Å². The number of hydrogen-bond donors (Lipinski definition) is 1. The van der Waals surface area contributed by atoms with Gasteiger partial charge in [-0.3, -0.25) is 9.69 Å². The molecule has 6 nitrogen and oxygen atoms in total. The van der Waals surface area contributed by atoms with Gasteiger partial charge in [-0.1, -0.05) is 18.0 Å². The van der Waals surface area contributed by atoms with Crippen molar-refractivity contribution in [2.24, 2.45) is 5.92 Å². The molecular weight excluding hydrogens is 342 g/mol. The molecule has 1 aliphatic carbocycles. The van der Waals surface area contributed by atoms with Crippen LogP contribution in [0, 0.1) is 5.92 Å². The van der Waals surface area contributed by atoms with Crippen LogP contribution in [-0.4, -0.2) is 35.7 Å². The highest BCUT2D eigenvalue weighted by molar-refractivity contribution is 6.30. The summed E-state index contributed by atoms with van der Waals surface area (Å²) in [5.74, 6) is 0.429. The van der Waals surface area contributed by atoms with E-state index < -0.39 is 11.7 Å². The standard InChI is InChI=1S/C18H26ClN3O3/c1-18(2,3)25-17(24)21-14-7-5-6-12(10-14)16(23)22(4)15-9-8-13(19)11-20-15/h8-9,11-12,14H,5-7,10H2,1-4H3,(H,21,24)/t12-,14-/m0/s1. The zero-order chi connectivity index (χ0) is 18.6. The van der Waals surface area contributed by atoms with Crippen LogP contribution in [0.3, 0.4) is 0 Å². The Morgan fingerprint density at radius 3 is 2.64 bits per heavy atom. The molecule has 0 unspecified atom stereocenters. The summed E-state index contributed by atoms with van der Waals surface area (Å²) in [6.45, 7) is 5.48. The number of nitrogens with zero attached hydrogens (tertiary/aromatic N) is 2. The fourth-order valence-corrected chi connectivity index (χ4v) is 3.08. The third-order valence-corrected chi connectivity index (χ3v) is 4.35. The predicted molar refractivity (Wildman–Crippen MR) is 97.8 cm³/mol. The molecule has 1 aromatic rings. The number of carbonyl (C=O) groups excluding carboxylic acids is 2. The van der Waals surface area contributed by atoms with Crippen LogP contribution in [0.5, 0.6) is 0 Å². The number of rotatable bonds is 3. The van der Waals surface area contributed by atoms with Crippen LogP contribution in [0.1, 0.15) is 46.5 Å². The Morgan fingerprint density at radius 2 is 2.04 bits per heavy atom. The minimum absolute atomic E-state index is 0.00510. The summed E-state index contributed by atoms with van der Waals surface area (Å²) in [4.78, 5) is 30.4. The van der Waals surface area contributed by atoms with E-state index in [9.17, 15) is 9.59 Å². The van der Waals surface area contributed by atoms with Crippen molar-refractivity contribution >= 4 is 29.4 Å². The van der Waals surface area contributed by atoms with E-state index in [1.807, 2.05) is 20.8 Å². The van der Waals surface area contributed by atoms with Gasteiger partial charge in [0.2, 0.25) is 5.91 Å². The molecule has 7 heteroatoms. The number of aromatic nitrogens is 1. The second-order valence-electron chi connectivity index (χ2n) is 7.44. The molecule has 1 aliphatic rings. The third-order valence-electron chi connectivity index (χ3n) is 4.13. The van der Waals surface area contributed by atoms with Crippen LogP contribution in [0.15, 0.2) is 18.3 Å². The third kappa shape index (κ3) is 5.88. The smallest absolute Gasteiger partial charge is 0.407 e. The number of halogens is 1. The molecule has 25 heavy (non-hydrogen) atoms. The van der Waals surface area contributed by atoms with Crippen molar-refractivity contribution in [3.8, 4) is 0 Å². The largest absolute Gasteiger partial charge is 0.444 e. The first-order valence-electron chi connectivity index (χ1n) is 8.54. The number of hydrogen-bond acceptors (Lipinski definition) is 4. The normalized spacial score (nSPS) is 20.7. The molecule has 0 spiro atoms. The lowest BCUT2D eigenvalue weighted by atomic mass is 9.85. The zero-order valence-corrected chi connectivity index (χ0v) is 16.0. The van der Waals surface area contributed by atoms with Crippen LogP contribution in [-0.2, 0) is 9.53 Å². The number of anilines is 1. The molecule has 0 radical (unpaired) electrons. The van der Waals surface area contributed by atoms with Crippen LogP contribution < -0.4 is 10.2 Å². The topological polar surface area (TPSA) is 71.5 Å². The molecule has 0 saturated heterocycles. The second kappa shape index (κ2) is 8.04. The molecule has 2 amide bonds. The van der Waals surface area contributed by atoms with Crippen molar-refractivity contribution in [3.05, 3.63) is 23.4 Å². The van der Waals surface area contributed by atoms with Gasteiger partial charge < -0.3 is 10.1 Å². The number of amides is 2. The van der Waals surface area contributed by atoms with Gasteiger partial charge in [-0.2, -0.15) is 0 Å². The number of alkyl carbamates (subject to hydrolysis) is 1. The maximum Gasteiger partial charge on any atom is 0.407 e. The molecule has 1 fully saturated rings. The Kier molecular flexibility index (Phi) is 6.27. The fraction of sp³-hybridized carbons (Fsp3) is 0.611. The van der Waals surface area contributed by atoms with E-state index >= 15 is 0 Å². The quantitative estimate of drug-likeness (QED) is 0.882. The van der Waals surface area contributed by atoms with Crippen molar-refractivity contribution in [2.45, 2.75) is 58.1 Å². The molecule has 1 N–H and O–H groups in total. The lowest BCUT2D eigenvalue weighted by Gasteiger charge is -2.31. The molecule has 1 heterocycles. The van der Waals surface area contributed by atoms with Crippen LogP contribution in [0.25, 0.3) is 0 Å². The van der Waals surface area contributed by atoms with Crippen LogP contribution in [0.2, 0.25) is 5.02 Å². The Balaban J connectivity index is 1.94. The van der Waals surface area contributed by atoms with E-state index in [2.05, 4.69) is 10.3 Å². The van der Waals surface area contributed by atoms with Gasteiger partial charge in [0.15, 0.2) is 0 Å². The maximum absolute atomic E-state index is 12.8. The van der Waals surface area contributed by atoms with Gasteiger partial charge in [0, 0.05) is 25.2 Å². The molecule has 0 aliphatic heterocycles. The number of carbonyl (C=O) groups is 2. The van der Waals surface area contributed by atoms with Gasteiger partial charge in [-0.15, -0.1) is 0 Å². The van der Waals surface area contributed by atoms with Gasteiger partial charge in [0.25, 0.3) is 0 Å². The molecule has 1 aromatic heterocycles. The fourth-order valence-electron chi connectivity index (χ4n) is 2.97. The lowest BCUT2D eigenvalue weighted by Crippen LogP contribution is -2.44. The van der Waals surface area contributed by atoms with Gasteiger partial charge in [0.1, 0.15) is 11.4 Å². The molecule has 138 valence electrons. The van der Waals surface area contributed by atoms with Gasteiger partial charge in [-0.25, -0.2) is 9.78 Å². The first-order valence-corrected chi connectivity index (χ1v) is 8.92. The van der Waals surface area contributed by atoms with E-state index in [0.717, 1.165) is 19.3 Å². The minimum Gasteiger partial charge on any atom is -0.444 e. The van der Waals surface area contributed by atoms with Gasteiger partial charge >= 0.3 is 6.09 Å². The van der Waals surface area contributed by atoms with Crippen molar-refractivity contribution < 1.29 is 14.3 Å². The highest BCUT2D eigenvalue weighted by Crippen LogP contribution is 2.27. The average Bonchev–Trinajstić information content (AvgIpc) is 2.52. The van der Waals surface area contributed by atoms with Crippen LogP contribution in [0.4, 0.5) is 10.6 Å². The van der Waals surface area contributed by atoms with E-state index in [4.69, 9.17) is 16.3 Å². The average molecular weight is 368 g/mol. The minimum atomic E-state index is -0.533. The number of pyridine rings is 1. The SMILES string of the molecule is CN(C(=O)[C@H]1CCC[C@H](NC(=O)OC(C)(C)C)C1)c1ccc(Cl)cn1. The predicted octanol–water partition coefficient (Wildman–Crippen LogP) is 3.78. The Hall–Kier alpha value is -1.82. The molecule has 2 atom stereocenters. The Bertz CT molecular complexity index is 613. The van der Waals surface area contributed by atoms with Crippen molar-refractivity contribution in [2.75, 3.05) is 11.9 Å². The first kappa shape index (κ1) is 19.5. The van der Waals surface area contributed by atoms with E-state index in [1.54, 1.807) is 24.1 Å². The Labute approximate surface area is 153 Å². The summed E-state index contributed by atoms with van der Waals surface area (Å²) in [5.41, 5.74) is -0.533. The zero-order valence-electron chi connectivity index (χ0n) is 15.2.